The molecule has 3 amide bonds. The number of methoxy groups -OCH3 is 1. The summed E-state index contributed by atoms with van der Waals surface area (Å²) in [5.41, 5.74) is 3.00. The third-order valence-corrected chi connectivity index (χ3v) is 7.54. The second-order valence-electron chi connectivity index (χ2n) is 9.98. The molecular weight excluding hydrogens is 542 g/mol. The quantitative estimate of drug-likeness (QED) is 0.263. The van der Waals surface area contributed by atoms with E-state index < -0.39 is 0 Å². The van der Waals surface area contributed by atoms with Crippen LogP contribution in [0.1, 0.15) is 55.6 Å². The second kappa shape index (κ2) is 13.5. The van der Waals surface area contributed by atoms with Gasteiger partial charge in [0.05, 0.1) is 19.8 Å². The summed E-state index contributed by atoms with van der Waals surface area (Å²) in [7, 11) is 1.37. The van der Waals surface area contributed by atoms with Gasteiger partial charge in [0.15, 0.2) is 0 Å². The zero-order valence-corrected chi connectivity index (χ0v) is 24.6. The van der Waals surface area contributed by atoms with Crippen molar-refractivity contribution in [2.75, 3.05) is 36.6 Å². The number of para-hydroxylation sites is 1. The Morgan fingerprint density at radius 1 is 1.00 bits per heavy atom. The highest BCUT2D eigenvalue weighted by molar-refractivity contribution is 6.30. The van der Waals surface area contributed by atoms with Crippen LogP contribution >= 0.6 is 11.6 Å². The van der Waals surface area contributed by atoms with E-state index in [2.05, 4.69) is 0 Å². The molecule has 0 saturated heterocycles. The van der Waals surface area contributed by atoms with Crippen LogP contribution in [-0.2, 0) is 9.53 Å². The molecular formula is C32H36ClN3O5. The maximum Gasteiger partial charge on any atom is 0.409 e. The highest BCUT2D eigenvalue weighted by atomic mass is 35.5. The van der Waals surface area contributed by atoms with Crippen molar-refractivity contribution in [1.29, 1.82) is 0 Å². The van der Waals surface area contributed by atoms with Crippen molar-refractivity contribution in [3.05, 3.63) is 88.9 Å². The fraction of sp³-hybridized carbons (Fsp3) is 0.344. The number of fused-ring (bicyclic) bond motifs is 1. The zero-order valence-electron chi connectivity index (χ0n) is 23.9. The zero-order chi connectivity index (χ0) is 29.5. The van der Waals surface area contributed by atoms with Crippen LogP contribution in [0.15, 0.2) is 72.8 Å². The Morgan fingerprint density at radius 2 is 1.68 bits per heavy atom. The van der Waals surface area contributed by atoms with Crippen LogP contribution in [0.4, 0.5) is 16.2 Å². The largest absolute Gasteiger partial charge is 0.494 e. The van der Waals surface area contributed by atoms with Crippen LogP contribution in [0.3, 0.4) is 0 Å². The summed E-state index contributed by atoms with van der Waals surface area (Å²) < 4.78 is 10.6. The normalized spacial score (nSPS) is 16.0. The van der Waals surface area contributed by atoms with Crippen molar-refractivity contribution in [2.24, 2.45) is 0 Å². The van der Waals surface area contributed by atoms with Gasteiger partial charge in [-0.25, -0.2) is 4.79 Å². The lowest BCUT2D eigenvalue weighted by Crippen LogP contribution is -2.47. The van der Waals surface area contributed by atoms with Crippen molar-refractivity contribution < 1.29 is 23.9 Å². The molecule has 2 unspecified atom stereocenters. The third-order valence-electron chi connectivity index (χ3n) is 7.29. The van der Waals surface area contributed by atoms with Gasteiger partial charge in [-0.05, 0) is 86.8 Å². The molecule has 0 fully saturated rings. The first-order valence-electron chi connectivity index (χ1n) is 13.8. The van der Waals surface area contributed by atoms with E-state index >= 15 is 0 Å². The van der Waals surface area contributed by atoms with E-state index in [1.54, 1.807) is 53.1 Å². The summed E-state index contributed by atoms with van der Waals surface area (Å²) in [6, 6.07) is 21.7. The number of nitrogens with zero attached hydrogens (tertiary/aromatic N) is 3. The number of amides is 3. The van der Waals surface area contributed by atoms with Crippen molar-refractivity contribution >= 4 is 40.9 Å². The van der Waals surface area contributed by atoms with Gasteiger partial charge in [0.1, 0.15) is 5.75 Å². The Hall–Kier alpha value is -4.04. The maximum atomic E-state index is 13.8. The summed E-state index contributed by atoms with van der Waals surface area (Å²) in [6.07, 6.45) is 0.876. The Balaban J connectivity index is 1.49. The van der Waals surface area contributed by atoms with E-state index in [-0.39, 0.29) is 30.0 Å². The van der Waals surface area contributed by atoms with Gasteiger partial charge in [0, 0.05) is 48.0 Å². The van der Waals surface area contributed by atoms with Gasteiger partial charge < -0.3 is 24.2 Å². The second-order valence-corrected chi connectivity index (χ2v) is 10.4. The minimum atomic E-state index is -0.353. The van der Waals surface area contributed by atoms with Crippen molar-refractivity contribution in [3.8, 4) is 5.75 Å². The molecule has 8 nitrogen and oxygen atoms in total. The van der Waals surface area contributed by atoms with E-state index in [1.807, 2.05) is 55.1 Å². The van der Waals surface area contributed by atoms with E-state index in [9.17, 15) is 14.4 Å². The predicted octanol–water partition coefficient (Wildman–Crippen LogP) is 6.73. The van der Waals surface area contributed by atoms with Gasteiger partial charge in [0.2, 0.25) is 5.91 Å². The number of hydrogen-bond acceptors (Lipinski definition) is 5. The minimum Gasteiger partial charge on any atom is -0.494 e. The molecule has 216 valence electrons. The molecule has 1 heterocycles. The topological polar surface area (TPSA) is 79.4 Å². The number of hydrogen-bond donors (Lipinski definition) is 0. The minimum absolute atomic E-state index is 0.0811. The number of carbonyl (C=O) groups excluding carboxylic acids is 3. The monoisotopic (exact) mass is 577 g/mol. The molecule has 9 heteroatoms. The van der Waals surface area contributed by atoms with Crippen molar-refractivity contribution in [1.82, 2.24) is 4.90 Å². The third kappa shape index (κ3) is 6.82. The molecule has 41 heavy (non-hydrogen) atoms. The van der Waals surface area contributed by atoms with E-state index in [0.717, 1.165) is 16.9 Å². The Labute approximate surface area is 246 Å². The smallest absolute Gasteiger partial charge is 0.409 e. The van der Waals surface area contributed by atoms with Crippen molar-refractivity contribution in [3.63, 3.8) is 0 Å². The van der Waals surface area contributed by atoms with Crippen molar-refractivity contribution in [2.45, 2.75) is 45.7 Å². The van der Waals surface area contributed by atoms with Gasteiger partial charge >= 0.3 is 6.09 Å². The summed E-state index contributed by atoms with van der Waals surface area (Å²) in [5, 5.41) is 0.601. The van der Waals surface area contributed by atoms with Crippen LogP contribution in [0.25, 0.3) is 0 Å². The number of benzene rings is 3. The van der Waals surface area contributed by atoms with Gasteiger partial charge in [0.25, 0.3) is 5.91 Å². The van der Waals surface area contributed by atoms with Gasteiger partial charge in [-0.15, -0.1) is 0 Å². The molecule has 1 aliphatic rings. The fourth-order valence-electron chi connectivity index (χ4n) is 5.30. The van der Waals surface area contributed by atoms with Gasteiger partial charge in [-0.1, -0.05) is 29.8 Å². The molecule has 0 saturated carbocycles. The first-order valence-corrected chi connectivity index (χ1v) is 14.2. The average Bonchev–Trinajstić information content (AvgIpc) is 2.98. The SMILES string of the molecule is CCN(CCCOc1ccc(C(=O)N2c3ccccc3C(N(C(C)=O)c3ccc(Cl)cc3)CC2C)cc1)C(=O)OC. The highest BCUT2D eigenvalue weighted by Crippen LogP contribution is 2.43. The lowest BCUT2D eigenvalue weighted by atomic mass is 9.89. The molecule has 2 atom stereocenters. The maximum absolute atomic E-state index is 13.8. The van der Waals surface area contributed by atoms with E-state index in [4.69, 9.17) is 21.1 Å². The molecule has 0 spiro atoms. The Morgan fingerprint density at radius 3 is 2.32 bits per heavy atom. The standard InChI is InChI=1S/C32H36ClN3O5/c1-5-34(32(39)40-4)19-8-20-41-27-17-11-24(12-18-27)31(38)35-22(2)21-30(28-9-6-7-10-29(28)35)36(23(3)37)26-15-13-25(33)14-16-26/h6-7,9-18,22,30H,5,8,19-21H2,1-4H3. The van der Waals surface area contributed by atoms with Crippen LogP contribution in [0.5, 0.6) is 5.75 Å². The summed E-state index contributed by atoms with van der Waals surface area (Å²) in [5.74, 6) is 0.449. The molecule has 0 aliphatic carbocycles. The van der Waals surface area contributed by atoms with E-state index in [0.29, 0.717) is 48.9 Å². The first kappa shape index (κ1) is 29.9. The van der Waals surface area contributed by atoms with Gasteiger partial charge in [-0.3, -0.25) is 9.59 Å². The number of carbonyl (C=O) groups is 3. The molecule has 3 aromatic carbocycles. The molecule has 0 bridgehead atoms. The summed E-state index contributed by atoms with van der Waals surface area (Å²) in [6.45, 7) is 6.99. The average molecular weight is 578 g/mol. The Kier molecular flexibility index (Phi) is 9.89. The molecule has 0 aromatic heterocycles. The number of halogens is 1. The molecule has 4 rings (SSSR count). The number of rotatable bonds is 9. The molecule has 0 radical (unpaired) electrons. The fourth-order valence-corrected chi connectivity index (χ4v) is 5.43. The van der Waals surface area contributed by atoms with Crippen LogP contribution in [-0.4, -0.2) is 55.7 Å². The molecule has 0 N–H and O–H groups in total. The number of anilines is 2. The lowest BCUT2D eigenvalue weighted by molar-refractivity contribution is -0.117. The highest BCUT2D eigenvalue weighted by Gasteiger charge is 2.38. The van der Waals surface area contributed by atoms with Crippen LogP contribution in [0.2, 0.25) is 5.02 Å². The predicted molar refractivity (Wildman–Crippen MR) is 161 cm³/mol. The molecule has 3 aromatic rings. The Bertz CT molecular complexity index is 1360. The first-order chi connectivity index (χ1) is 19.7. The van der Waals surface area contributed by atoms with E-state index in [1.165, 1.54) is 7.11 Å². The lowest BCUT2D eigenvalue weighted by Gasteiger charge is -2.43. The number of ether oxygens (including phenoxy) is 2. The summed E-state index contributed by atoms with van der Waals surface area (Å²) >= 11 is 6.10. The summed E-state index contributed by atoms with van der Waals surface area (Å²) in [4.78, 5) is 43.6. The van der Waals surface area contributed by atoms with Gasteiger partial charge in [-0.2, -0.15) is 0 Å². The molecule has 1 aliphatic heterocycles. The van der Waals surface area contributed by atoms with Crippen LogP contribution in [0, 0.1) is 0 Å². The van der Waals surface area contributed by atoms with Crippen LogP contribution < -0.4 is 14.5 Å².